The van der Waals surface area contributed by atoms with Crippen molar-refractivity contribution >= 4 is 5.97 Å². The molecule has 0 radical (unpaired) electrons. The fourth-order valence-corrected chi connectivity index (χ4v) is 3.19. The number of carboxylic acid groups (broad SMARTS) is 1. The minimum atomic E-state index is -0.758. The van der Waals surface area contributed by atoms with Crippen LogP contribution in [-0.4, -0.2) is 42.7 Å². The maximum Gasteiger partial charge on any atom is 0.304 e. The van der Waals surface area contributed by atoms with Gasteiger partial charge in [0.1, 0.15) is 5.75 Å². The van der Waals surface area contributed by atoms with Gasteiger partial charge in [-0.3, -0.25) is 4.79 Å². The summed E-state index contributed by atoms with van der Waals surface area (Å²) in [5.41, 5.74) is 0.643. The lowest BCUT2D eigenvalue weighted by atomic mass is 9.74. The summed E-state index contributed by atoms with van der Waals surface area (Å²) in [5, 5.41) is 9.44. The van der Waals surface area contributed by atoms with E-state index in [0.29, 0.717) is 6.61 Å². The van der Waals surface area contributed by atoms with Crippen molar-refractivity contribution < 1.29 is 14.6 Å². The molecule has 1 aromatic carbocycles. The van der Waals surface area contributed by atoms with Crippen LogP contribution >= 0.6 is 0 Å². The first-order valence-electron chi connectivity index (χ1n) is 8.34. The van der Waals surface area contributed by atoms with Crippen LogP contribution in [0.2, 0.25) is 0 Å². The average Bonchev–Trinajstić information content (AvgIpc) is 2.69. The molecule has 4 nitrogen and oxygen atoms in total. The molecule has 0 amide bonds. The predicted molar refractivity (Wildman–Crippen MR) is 92.0 cm³/mol. The van der Waals surface area contributed by atoms with E-state index in [9.17, 15) is 9.90 Å². The van der Waals surface area contributed by atoms with E-state index in [1.54, 1.807) is 0 Å². The standard InChI is InChI=1S/C19H27NO3/c1-3-4-12-23-17-9-7-8-16(13-17)19(14-18(21)22)10-5-6-11-20(2)15-19/h5-9,13H,3-4,10-12,14-15H2,1-2H3,(H,21,22). The number of allylic oxidation sites excluding steroid dienone is 1. The second-order valence-corrected chi connectivity index (χ2v) is 6.45. The summed E-state index contributed by atoms with van der Waals surface area (Å²) < 4.78 is 5.81. The zero-order chi connectivity index (χ0) is 16.7. The molecule has 0 saturated carbocycles. The first-order chi connectivity index (χ1) is 11.1. The highest BCUT2D eigenvalue weighted by atomic mass is 16.5. The van der Waals surface area contributed by atoms with Gasteiger partial charge >= 0.3 is 5.97 Å². The van der Waals surface area contributed by atoms with Crippen LogP contribution in [0.1, 0.15) is 38.2 Å². The van der Waals surface area contributed by atoms with Gasteiger partial charge in [0, 0.05) is 18.5 Å². The minimum absolute atomic E-state index is 0.125. The van der Waals surface area contributed by atoms with Crippen molar-refractivity contribution in [2.45, 2.75) is 38.0 Å². The molecule has 1 atom stereocenters. The first kappa shape index (κ1) is 17.5. The normalized spacial score (nSPS) is 21.8. The SMILES string of the molecule is CCCCOc1cccc(C2(CC(=O)O)CC=CCN(C)C2)c1. The maximum absolute atomic E-state index is 11.5. The largest absolute Gasteiger partial charge is 0.494 e. The minimum Gasteiger partial charge on any atom is -0.494 e. The number of rotatable bonds is 7. The Bertz CT molecular complexity index is 555. The van der Waals surface area contributed by atoms with Crippen molar-refractivity contribution in [2.24, 2.45) is 0 Å². The molecule has 0 aliphatic carbocycles. The molecule has 1 N–H and O–H groups in total. The molecule has 0 saturated heterocycles. The van der Waals surface area contributed by atoms with Gasteiger partial charge in [0.05, 0.1) is 13.0 Å². The predicted octanol–water partition coefficient (Wildman–Crippen LogP) is 3.47. The van der Waals surface area contributed by atoms with Crippen LogP contribution in [-0.2, 0) is 10.2 Å². The summed E-state index contributed by atoms with van der Waals surface area (Å²) >= 11 is 0. The second-order valence-electron chi connectivity index (χ2n) is 6.45. The van der Waals surface area contributed by atoms with Gasteiger partial charge in [0.15, 0.2) is 0 Å². The Labute approximate surface area is 138 Å². The van der Waals surface area contributed by atoms with Crippen LogP contribution in [0.15, 0.2) is 36.4 Å². The van der Waals surface area contributed by atoms with E-state index in [2.05, 4.69) is 24.0 Å². The quantitative estimate of drug-likeness (QED) is 0.618. The number of aliphatic carboxylic acids is 1. The van der Waals surface area contributed by atoms with Gasteiger partial charge in [-0.25, -0.2) is 0 Å². The molecule has 0 aromatic heterocycles. The number of unbranched alkanes of at least 4 members (excludes halogenated alkanes) is 1. The molecule has 4 heteroatoms. The summed E-state index contributed by atoms with van der Waals surface area (Å²) in [5.74, 6) is 0.0718. The summed E-state index contributed by atoms with van der Waals surface area (Å²) in [7, 11) is 2.04. The van der Waals surface area contributed by atoms with Crippen LogP contribution in [0.25, 0.3) is 0 Å². The fraction of sp³-hybridized carbons (Fsp3) is 0.526. The molecule has 0 bridgehead atoms. The number of hydrogen-bond donors (Lipinski definition) is 1. The van der Waals surface area contributed by atoms with E-state index in [4.69, 9.17) is 4.74 Å². The van der Waals surface area contributed by atoms with Gasteiger partial charge < -0.3 is 14.7 Å². The van der Waals surface area contributed by atoms with Crippen LogP contribution in [0.3, 0.4) is 0 Å². The number of hydrogen-bond acceptors (Lipinski definition) is 3. The molecular weight excluding hydrogens is 290 g/mol. The zero-order valence-electron chi connectivity index (χ0n) is 14.1. The van der Waals surface area contributed by atoms with Crippen molar-refractivity contribution in [3.8, 4) is 5.75 Å². The van der Waals surface area contributed by atoms with E-state index in [0.717, 1.165) is 43.7 Å². The lowest BCUT2D eigenvalue weighted by molar-refractivity contribution is -0.138. The molecule has 0 fully saturated rings. The molecule has 0 spiro atoms. The van der Waals surface area contributed by atoms with Crippen molar-refractivity contribution in [3.63, 3.8) is 0 Å². The Hall–Kier alpha value is -1.81. The smallest absolute Gasteiger partial charge is 0.304 e. The summed E-state index contributed by atoms with van der Waals surface area (Å²) in [6.07, 6.45) is 7.21. The van der Waals surface area contributed by atoms with Crippen LogP contribution < -0.4 is 4.74 Å². The Kier molecular flexibility index (Phi) is 6.22. The van der Waals surface area contributed by atoms with Gasteiger partial charge in [-0.15, -0.1) is 0 Å². The van der Waals surface area contributed by atoms with Gasteiger partial charge in [0.2, 0.25) is 0 Å². The zero-order valence-corrected chi connectivity index (χ0v) is 14.1. The molecule has 23 heavy (non-hydrogen) atoms. The Morgan fingerprint density at radius 3 is 2.96 bits per heavy atom. The Morgan fingerprint density at radius 2 is 2.22 bits per heavy atom. The fourth-order valence-electron chi connectivity index (χ4n) is 3.19. The highest BCUT2D eigenvalue weighted by Crippen LogP contribution is 2.36. The molecule has 1 aliphatic heterocycles. The van der Waals surface area contributed by atoms with E-state index in [-0.39, 0.29) is 6.42 Å². The molecule has 2 rings (SSSR count). The lowest BCUT2D eigenvalue weighted by Crippen LogP contribution is -2.39. The number of ether oxygens (including phenoxy) is 1. The summed E-state index contributed by atoms with van der Waals surface area (Å²) in [6.45, 7) is 4.42. The number of carbonyl (C=O) groups is 1. The average molecular weight is 317 g/mol. The van der Waals surface area contributed by atoms with Gasteiger partial charge in [-0.2, -0.15) is 0 Å². The third-order valence-corrected chi connectivity index (χ3v) is 4.37. The number of likely N-dealkylation sites (N-methyl/N-ethyl adjacent to an activating group) is 1. The first-order valence-corrected chi connectivity index (χ1v) is 8.34. The summed E-state index contributed by atoms with van der Waals surface area (Å²) in [6, 6.07) is 7.97. The van der Waals surface area contributed by atoms with E-state index >= 15 is 0 Å². The monoisotopic (exact) mass is 317 g/mol. The van der Waals surface area contributed by atoms with Gasteiger partial charge in [-0.1, -0.05) is 37.6 Å². The molecule has 1 unspecified atom stereocenters. The number of carboxylic acids is 1. The van der Waals surface area contributed by atoms with E-state index in [1.807, 2.05) is 31.3 Å². The molecular formula is C19H27NO3. The van der Waals surface area contributed by atoms with Crippen LogP contribution in [0.5, 0.6) is 5.75 Å². The van der Waals surface area contributed by atoms with Gasteiger partial charge in [0.25, 0.3) is 0 Å². The highest BCUT2D eigenvalue weighted by molar-refractivity contribution is 5.69. The third kappa shape index (κ3) is 4.83. The highest BCUT2D eigenvalue weighted by Gasteiger charge is 2.36. The van der Waals surface area contributed by atoms with Crippen molar-refractivity contribution in [2.75, 3.05) is 26.7 Å². The number of benzene rings is 1. The molecule has 1 heterocycles. The topological polar surface area (TPSA) is 49.8 Å². The second kappa shape index (κ2) is 8.16. The Balaban J connectivity index is 2.29. The van der Waals surface area contributed by atoms with E-state index < -0.39 is 11.4 Å². The van der Waals surface area contributed by atoms with Crippen LogP contribution in [0.4, 0.5) is 0 Å². The number of nitrogens with zero attached hydrogens (tertiary/aromatic N) is 1. The maximum atomic E-state index is 11.5. The Morgan fingerprint density at radius 1 is 1.39 bits per heavy atom. The molecule has 126 valence electrons. The van der Waals surface area contributed by atoms with Crippen molar-refractivity contribution in [1.29, 1.82) is 0 Å². The third-order valence-electron chi connectivity index (χ3n) is 4.37. The lowest BCUT2D eigenvalue weighted by Gasteiger charge is -2.34. The van der Waals surface area contributed by atoms with Crippen LogP contribution in [0, 0.1) is 0 Å². The van der Waals surface area contributed by atoms with E-state index in [1.165, 1.54) is 0 Å². The summed E-state index contributed by atoms with van der Waals surface area (Å²) in [4.78, 5) is 13.7. The van der Waals surface area contributed by atoms with Gasteiger partial charge in [-0.05, 0) is 37.6 Å². The van der Waals surface area contributed by atoms with Crippen molar-refractivity contribution in [1.82, 2.24) is 4.90 Å². The molecule has 1 aliphatic rings. The molecule has 1 aromatic rings. The van der Waals surface area contributed by atoms with Crippen molar-refractivity contribution in [3.05, 3.63) is 42.0 Å².